The van der Waals surface area contributed by atoms with E-state index in [0.29, 0.717) is 24.2 Å². The van der Waals surface area contributed by atoms with Crippen molar-refractivity contribution >= 4 is 39.1 Å². The van der Waals surface area contributed by atoms with Crippen LogP contribution in [0.2, 0.25) is 0 Å². The molecular formula is C19H21BrN2O4. The largest absolute Gasteiger partial charge is 0.496 e. The van der Waals surface area contributed by atoms with Crippen LogP contribution in [0.3, 0.4) is 0 Å². The molecule has 0 atom stereocenters. The highest BCUT2D eigenvalue weighted by molar-refractivity contribution is 9.10. The van der Waals surface area contributed by atoms with Gasteiger partial charge in [0.2, 0.25) is 11.8 Å². The Morgan fingerprint density at radius 1 is 1.00 bits per heavy atom. The van der Waals surface area contributed by atoms with Crippen LogP contribution in [0.5, 0.6) is 5.75 Å². The van der Waals surface area contributed by atoms with Crippen LogP contribution >= 0.6 is 15.9 Å². The summed E-state index contributed by atoms with van der Waals surface area (Å²) in [5.74, 6) is 0.406. The standard InChI is InChI=1S/C19H21BrN2O4/c1-25-12-19(24)22-15-5-3-4-14(11-15)21-18(23)9-7-13-6-8-17(26-2)16(20)10-13/h3-6,8,10-11H,7,9,12H2,1-2H3,(H,21,23)(H,22,24). The molecule has 2 aromatic rings. The second-order valence-electron chi connectivity index (χ2n) is 5.58. The molecule has 6 nitrogen and oxygen atoms in total. The molecule has 138 valence electrons. The van der Waals surface area contributed by atoms with Gasteiger partial charge in [0.25, 0.3) is 0 Å². The number of nitrogens with one attached hydrogen (secondary N) is 2. The smallest absolute Gasteiger partial charge is 0.250 e. The molecule has 2 aromatic carbocycles. The zero-order chi connectivity index (χ0) is 18.9. The molecule has 0 radical (unpaired) electrons. The molecule has 0 aromatic heterocycles. The van der Waals surface area contributed by atoms with Gasteiger partial charge in [-0.1, -0.05) is 12.1 Å². The van der Waals surface area contributed by atoms with Gasteiger partial charge in [0.15, 0.2) is 0 Å². The summed E-state index contributed by atoms with van der Waals surface area (Å²) in [6.45, 7) is -0.0198. The number of aryl methyl sites for hydroxylation is 1. The molecule has 0 aliphatic heterocycles. The number of anilines is 2. The topological polar surface area (TPSA) is 76.7 Å². The normalized spacial score (nSPS) is 10.3. The summed E-state index contributed by atoms with van der Waals surface area (Å²) in [4.78, 5) is 23.7. The third kappa shape index (κ3) is 6.16. The molecule has 0 saturated carbocycles. The fraction of sp³-hybridized carbons (Fsp3) is 0.263. The minimum absolute atomic E-state index is 0.0198. The van der Waals surface area contributed by atoms with E-state index >= 15 is 0 Å². The molecule has 0 aliphatic rings. The van der Waals surface area contributed by atoms with Crippen LogP contribution < -0.4 is 15.4 Å². The van der Waals surface area contributed by atoms with Gasteiger partial charge in [-0.05, 0) is 58.2 Å². The third-order valence-corrected chi connectivity index (χ3v) is 4.18. The fourth-order valence-electron chi connectivity index (χ4n) is 2.35. The number of halogens is 1. The van der Waals surface area contributed by atoms with Crippen LogP contribution in [0.1, 0.15) is 12.0 Å². The Morgan fingerprint density at radius 3 is 2.31 bits per heavy atom. The summed E-state index contributed by atoms with van der Waals surface area (Å²) in [6, 6.07) is 12.7. The van der Waals surface area contributed by atoms with E-state index in [2.05, 4.69) is 26.6 Å². The van der Waals surface area contributed by atoms with Gasteiger partial charge in [0.05, 0.1) is 11.6 Å². The first-order chi connectivity index (χ1) is 12.5. The lowest BCUT2D eigenvalue weighted by Gasteiger charge is -2.09. The van der Waals surface area contributed by atoms with Crippen molar-refractivity contribution in [3.63, 3.8) is 0 Å². The highest BCUT2D eigenvalue weighted by atomic mass is 79.9. The van der Waals surface area contributed by atoms with E-state index in [4.69, 9.17) is 9.47 Å². The van der Waals surface area contributed by atoms with E-state index in [9.17, 15) is 9.59 Å². The minimum atomic E-state index is -0.249. The predicted molar refractivity (Wildman–Crippen MR) is 105 cm³/mol. The van der Waals surface area contributed by atoms with Crippen molar-refractivity contribution in [1.29, 1.82) is 0 Å². The first kappa shape index (κ1) is 19.9. The monoisotopic (exact) mass is 420 g/mol. The van der Waals surface area contributed by atoms with Gasteiger partial charge >= 0.3 is 0 Å². The molecule has 2 amide bonds. The molecule has 0 aliphatic carbocycles. The number of carbonyl (C=O) groups excluding carboxylic acids is 2. The highest BCUT2D eigenvalue weighted by Crippen LogP contribution is 2.26. The molecule has 0 heterocycles. The van der Waals surface area contributed by atoms with Gasteiger partial charge < -0.3 is 20.1 Å². The van der Waals surface area contributed by atoms with Gasteiger partial charge in [-0.3, -0.25) is 9.59 Å². The second kappa shape index (κ2) is 9.94. The highest BCUT2D eigenvalue weighted by Gasteiger charge is 2.07. The Labute approximate surface area is 161 Å². The number of benzene rings is 2. The average Bonchev–Trinajstić information content (AvgIpc) is 2.60. The molecule has 0 unspecified atom stereocenters. The number of ether oxygens (including phenoxy) is 2. The molecule has 2 N–H and O–H groups in total. The lowest BCUT2D eigenvalue weighted by atomic mass is 10.1. The van der Waals surface area contributed by atoms with Crippen molar-refractivity contribution in [3.8, 4) is 5.75 Å². The second-order valence-corrected chi connectivity index (χ2v) is 6.43. The van der Waals surface area contributed by atoms with E-state index in [1.807, 2.05) is 18.2 Å². The summed E-state index contributed by atoms with van der Waals surface area (Å²) >= 11 is 3.44. The van der Waals surface area contributed by atoms with Gasteiger partial charge in [-0.25, -0.2) is 0 Å². The van der Waals surface area contributed by atoms with E-state index in [0.717, 1.165) is 15.8 Å². The van der Waals surface area contributed by atoms with Crippen molar-refractivity contribution in [2.24, 2.45) is 0 Å². The number of amides is 2. The summed E-state index contributed by atoms with van der Waals surface area (Å²) in [5, 5.41) is 5.54. The maximum atomic E-state index is 12.2. The molecular weight excluding hydrogens is 400 g/mol. The lowest BCUT2D eigenvalue weighted by molar-refractivity contribution is -0.119. The van der Waals surface area contributed by atoms with E-state index in [1.54, 1.807) is 31.4 Å². The van der Waals surface area contributed by atoms with Crippen LogP contribution in [0, 0.1) is 0 Å². The zero-order valence-electron chi connectivity index (χ0n) is 14.7. The Hall–Kier alpha value is -2.38. The molecule has 0 saturated heterocycles. The number of rotatable bonds is 8. The molecule has 7 heteroatoms. The van der Waals surface area contributed by atoms with Crippen molar-refractivity contribution in [3.05, 3.63) is 52.5 Å². The number of carbonyl (C=O) groups is 2. The Balaban J connectivity index is 1.89. The average molecular weight is 421 g/mol. The number of methoxy groups -OCH3 is 2. The van der Waals surface area contributed by atoms with Crippen molar-refractivity contribution in [2.45, 2.75) is 12.8 Å². The Morgan fingerprint density at radius 2 is 1.69 bits per heavy atom. The Bertz CT molecular complexity index is 780. The quantitative estimate of drug-likeness (QED) is 0.683. The van der Waals surface area contributed by atoms with Crippen LogP contribution in [-0.2, 0) is 20.7 Å². The zero-order valence-corrected chi connectivity index (χ0v) is 16.3. The fourth-order valence-corrected chi connectivity index (χ4v) is 2.94. The number of hydrogen-bond donors (Lipinski definition) is 2. The lowest BCUT2D eigenvalue weighted by Crippen LogP contribution is -2.17. The van der Waals surface area contributed by atoms with Crippen LogP contribution in [0.25, 0.3) is 0 Å². The van der Waals surface area contributed by atoms with Crippen molar-refractivity contribution < 1.29 is 19.1 Å². The first-order valence-electron chi connectivity index (χ1n) is 8.03. The van der Waals surface area contributed by atoms with Gasteiger partial charge in [0.1, 0.15) is 12.4 Å². The molecule has 0 fully saturated rings. The predicted octanol–water partition coefficient (Wildman–Crippen LogP) is 3.61. The summed E-state index contributed by atoms with van der Waals surface area (Å²) in [7, 11) is 3.07. The van der Waals surface area contributed by atoms with E-state index in [-0.39, 0.29) is 18.4 Å². The third-order valence-electron chi connectivity index (χ3n) is 3.56. The summed E-state index contributed by atoms with van der Waals surface area (Å²) in [5.41, 5.74) is 2.26. The summed E-state index contributed by atoms with van der Waals surface area (Å²) < 4.78 is 10.8. The van der Waals surface area contributed by atoms with E-state index in [1.165, 1.54) is 7.11 Å². The van der Waals surface area contributed by atoms with Crippen LogP contribution in [0.15, 0.2) is 46.9 Å². The van der Waals surface area contributed by atoms with Crippen molar-refractivity contribution in [2.75, 3.05) is 31.5 Å². The molecule has 0 bridgehead atoms. The van der Waals surface area contributed by atoms with Gasteiger partial charge in [-0.2, -0.15) is 0 Å². The molecule has 26 heavy (non-hydrogen) atoms. The Kier molecular flexibility index (Phi) is 7.62. The van der Waals surface area contributed by atoms with Crippen molar-refractivity contribution in [1.82, 2.24) is 0 Å². The SMILES string of the molecule is COCC(=O)Nc1cccc(NC(=O)CCc2ccc(OC)c(Br)c2)c1. The van der Waals surface area contributed by atoms with Crippen LogP contribution in [-0.4, -0.2) is 32.6 Å². The van der Waals surface area contributed by atoms with E-state index < -0.39 is 0 Å². The maximum absolute atomic E-state index is 12.2. The number of hydrogen-bond acceptors (Lipinski definition) is 4. The molecule has 2 rings (SSSR count). The van der Waals surface area contributed by atoms with Crippen LogP contribution in [0.4, 0.5) is 11.4 Å². The molecule has 0 spiro atoms. The van der Waals surface area contributed by atoms with Gasteiger partial charge in [-0.15, -0.1) is 0 Å². The maximum Gasteiger partial charge on any atom is 0.250 e. The summed E-state index contributed by atoms with van der Waals surface area (Å²) in [6.07, 6.45) is 0.956. The first-order valence-corrected chi connectivity index (χ1v) is 8.82. The minimum Gasteiger partial charge on any atom is -0.496 e. The van der Waals surface area contributed by atoms with Gasteiger partial charge in [0, 0.05) is 24.9 Å².